The molecular formula is C11H15N3O2. The van der Waals surface area contributed by atoms with E-state index in [1.165, 1.54) is 12.1 Å². The summed E-state index contributed by atoms with van der Waals surface area (Å²) in [6.45, 7) is 3.64. The summed E-state index contributed by atoms with van der Waals surface area (Å²) in [6.07, 6.45) is 1.68. The van der Waals surface area contributed by atoms with Gasteiger partial charge in [-0.1, -0.05) is 0 Å². The van der Waals surface area contributed by atoms with E-state index < -0.39 is 0 Å². The number of aliphatic imine (C=N–C) groups is 1. The molecule has 0 bridgehead atoms. The summed E-state index contributed by atoms with van der Waals surface area (Å²) in [6, 6.07) is 3.07. The first-order valence-corrected chi connectivity index (χ1v) is 4.88. The monoisotopic (exact) mass is 221 g/mol. The minimum absolute atomic E-state index is 0.110. The van der Waals surface area contributed by atoms with Crippen molar-refractivity contribution in [1.29, 1.82) is 0 Å². The number of rotatable bonds is 3. The van der Waals surface area contributed by atoms with E-state index in [0.29, 0.717) is 0 Å². The van der Waals surface area contributed by atoms with Gasteiger partial charge < -0.3 is 4.90 Å². The highest BCUT2D eigenvalue weighted by Crippen LogP contribution is 2.28. The normalized spacial score (nSPS) is 10.8. The maximum atomic E-state index is 10.6. The molecule has 1 aromatic rings. The van der Waals surface area contributed by atoms with Crippen LogP contribution in [0.4, 0.5) is 11.4 Å². The smallest absolute Gasteiger partial charge is 0.270 e. The fourth-order valence-electron chi connectivity index (χ4n) is 1.42. The fraction of sp³-hybridized carbons (Fsp3) is 0.364. The average molecular weight is 221 g/mol. The molecule has 0 atom stereocenters. The molecule has 1 aromatic carbocycles. The van der Waals surface area contributed by atoms with Crippen molar-refractivity contribution in [1.82, 2.24) is 4.90 Å². The van der Waals surface area contributed by atoms with Gasteiger partial charge in [-0.25, -0.2) is 4.99 Å². The maximum absolute atomic E-state index is 10.6. The third-order valence-corrected chi connectivity index (χ3v) is 2.10. The van der Waals surface area contributed by atoms with Crippen LogP contribution < -0.4 is 0 Å². The van der Waals surface area contributed by atoms with Crippen LogP contribution in [0, 0.1) is 24.0 Å². The average Bonchev–Trinajstić information content (AvgIpc) is 2.15. The quantitative estimate of drug-likeness (QED) is 0.341. The summed E-state index contributed by atoms with van der Waals surface area (Å²) < 4.78 is 0. The molecule has 0 spiro atoms. The van der Waals surface area contributed by atoms with Crippen LogP contribution in [0.3, 0.4) is 0 Å². The number of aryl methyl sites for hydroxylation is 2. The zero-order valence-electron chi connectivity index (χ0n) is 9.89. The van der Waals surface area contributed by atoms with Crippen molar-refractivity contribution in [3.05, 3.63) is 33.4 Å². The van der Waals surface area contributed by atoms with E-state index in [0.717, 1.165) is 16.8 Å². The lowest BCUT2D eigenvalue weighted by molar-refractivity contribution is -0.384. The molecule has 0 unspecified atom stereocenters. The SMILES string of the molecule is Cc1cc([N+](=O)[O-])cc(C)c1N=CN(C)C. The molecule has 0 amide bonds. The van der Waals surface area contributed by atoms with Crippen molar-refractivity contribution in [3.63, 3.8) is 0 Å². The molecule has 5 nitrogen and oxygen atoms in total. The van der Waals surface area contributed by atoms with Crippen molar-refractivity contribution in [2.24, 2.45) is 4.99 Å². The third kappa shape index (κ3) is 2.79. The lowest BCUT2D eigenvalue weighted by atomic mass is 10.1. The number of nitro groups is 1. The van der Waals surface area contributed by atoms with Gasteiger partial charge >= 0.3 is 0 Å². The van der Waals surface area contributed by atoms with Crippen molar-refractivity contribution >= 4 is 17.7 Å². The Morgan fingerprint density at radius 3 is 2.19 bits per heavy atom. The number of benzene rings is 1. The molecule has 5 heteroatoms. The maximum Gasteiger partial charge on any atom is 0.270 e. The molecule has 0 aliphatic rings. The second-order valence-corrected chi connectivity index (χ2v) is 3.89. The summed E-state index contributed by atoms with van der Waals surface area (Å²) in [7, 11) is 3.75. The third-order valence-electron chi connectivity index (χ3n) is 2.10. The molecule has 0 fully saturated rings. The minimum Gasteiger partial charge on any atom is -0.369 e. The molecule has 0 saturated heterocycles. The molecule has 0 saturated carbocycles. The Morgan fingerprint density at radius 2 is 1.81 bits per heavy atom. The highest BCUT2D eigenvalue weighted by Gasteiger charge is 2.10. The molecule has 0 N–H and O–H groups in total. The van der Waals surface area contributed by atoms with Crippen LogP contribution in [0.2, 0.25) is 0 Å². The van der Waals surface area contributed by atoms with Crippen LogP contribution in [0.25, 0.3) is 0 Å². The Morgan fingerprint density at radius 1 is 1.31 bits per heavy atom. The second kappa shape index (κ2) is 4.74. The van der Waals surface area contributed by atoms with Gasteiger partial charge in [0.1, 0.15) is 0 Å². The number of hydrogen-bond donors (Lipinski definition) is 0. The van der Waals surface area contributed by atoms with Gasteiger partial charge in [-0.2, -0.15) is 0 Å². The summed E-state index contributed by atoms with van der Waals surface area (Å²) >= 11 is 0. The van der Waals surface area contributed by atoms with Gasteiger partial charge in [0.25, 0.3) is 5.69 Å². The highest BCUT2D eigenvalue weighted by molar-refractivity contribution is 5.66. The molecule has 0 aromatic heterocycles. The Kier molecular flexibility index (Phi) is 3.60. The molecule has 0 heterocycles. The first kappa shape index (κ1) is 12.2. The summed E-state index contributed by atoms with van der Waals surface area (Å²) in [4.78, 5) is 16.4. The summed E-state index contributed by atoms with van der Waals surface area (Å²) in [5.41, 5.74) is 2.52. The largest absolute Gasteiger partial charge is 0.369 e. The lowest BCUT2D eigenvalue weighted by Crippen LogP contribution is -2.07. The zero-order chi connectivity index (χ0) is 12.3. The standard InChI is InChI=1S/C11H15N3O2/c1-8-5-10(14(15)16)6-9(2)11(8)12-7-13(3)4/h5-7H,1-4H3. The van der Waals surface area contributed by atoms with E-state index in [1.54, 1.807) is 6.34 Å². The number of nitrogens with zero attached hydrogens (tertiary/aromatic N) is 3. The van der Waals surface area contributed by atoms with Gasteiger partial charge in [0.2, 0.25) is 0 Å². The molecule has 0 aliphatic carbocycles. The van der Waals surface area contributed by atoms with E-state index in [1.807, 2.05) is 32.8 Å². The van der Waals surface area contributed by atoms with Crippen LogP contribution in [-0.4, -0.2) is 30.3 Å². The predicted octanol–water partition coefficient (Wildman–Crippen LogP) is 2.43. The van der Waals surface area contributed by atoms with Crippen LogP contribution in [0.5, 0.6) is 0 Å². The topological polar surface area (TPSA) is 58.7 Å². The minimum atomic E-state index is -0.389. The van der Waals surface area contributed by atoms with Crippen molar-refractivity contribution < 1.29 is 4.92 Å². The van der Waals surface area contributed by atoms with Crippen molar-refractivity contribution in [3.8, 4) is 0 Å². The number of non-ortho nitro benzene ring substituents is 1. The summed E-state index contributed by atoms with van der Waals surface area (Å²) in [5.74, 6) is 0. The lowest BCUT2D eigenvalue weighted by Gasteiger charge is -2.07. The van der Waals surface area contributed by atoms with Gasteiger partial charge in [-0.3, -0.25) is 10.1 Å². The van der Waals surface area contributed by atoms with Gasteiger partial charge in [-0.05, 0) is 25.0 Å². The molecule has 86 valence electrons. The Labute approximate surface area is 94.6 Å². The van der Waals surface area contributed by atoms with Gasteiger partial charge in [-0.15, -0.1) is 0 Å². The fourth-order valence-corrected chi connectivity index (χ4v) is 1.42. The Hall–Kier alpha value is -1.91. The number of hydrogen-bond acceptors (Lipinski definition) is 3. The Bertz CT molecular complexity index is 416. The van der Waals surface area contributed by atoms with Crippen LogP contribution >= 0.6 is 0 Å². The van der Waals surface area contributed by atoms with Gasteiger partial charge in [0.15, 0.2) is 0 Å². The predicted molar refractivity (Wildman–Crippen MR) is 64.4 cm³/mol. The number of nitro benzene ring substituents is 1. The summed E-state index contributed by atoms with van der Waals surface area (Å²) in [5, 5.41) is 10.6. The van der Waals surface area contributed by atoms with Crippen LogP contribution in [-0.2, 0) is 0 Å². The first-order chi connectivity index (χ1) is 7.41. The molecule has 1 rings (SSSR count). The van der Waals surface area contributed by atoms with Gasteiger partial charge in [0, 0.05) is 26.2 Å². The van der Waals surface area contributed by atoms with Crippen LogP contribution in [0.15, 0.2) is 17.1 Å². The van der Waals surface area contributed by atoms with Crippen molar-refractivity contribution in [2.45, 2.75) is 13.8 Å². The zero-order valence-corrected chi connectivity index (χ0v) is 9.89. The second-order valence-electron chi connectivity index (χ2n) is 3.89. The van der Waals surface area contributed by atoms with E-state index in [4.69, 9.17) is 0 Å². The Balaban J connectivity index is 3.18. The van der Waals surface area contributed by atoms with Crippen LogP contribution in [0.1, 0.15) is 11.1 Å². The van der Waals surface area contributed by atoms with E-state index >= 15 is 0 Å². The van der Waals surface area contributed by atoms with Gasteiger partial charge in [0.05, 0.1) is 16.9 Å². The molecular weight excluding hydrogens is 206 g/mol. The highest BCUT2D eigenvalue weighted by atomic mass is 16.6. The molecule has 16 heavy (non-hydrogen) atoms. The van der Waals surface area contributed by atoms with E-state index in [-0.39, 0.29) is 10.6 Å². The first-order valence-electron chi connectivity index (χ1n) is 4.88. The van der Waals surface area contributed by atoms with E-state index in [2.05, 4.69) is 4.99 Å². The molecule has 0 aliphatic heterocycles. The molecule has 0 radical (unpaired) electrons. The van der Waals surface area contributed by atoms with Crippen molar-refractivity contribution in [2.75, 3.05) is 14.1 Å². The van der Waals surface area contributed by atoms with E-state index in [9.17, 15) is 10.1 Å².